The molecule has 2 aliphatic heterocycles. The molecule has 2 N–H and O–H groups in total. The Hall–Kier alpha value is -2.57. The average molecular weight is 373 g/mol. The van der Waals surface area contributed by atoms with E-state index in [1.54, 1.807) is 11.8 Å². The van der Waals surface area contributed by atoms with Gasteiger partial charge < -0.3 is 15.0 Å². The zero-order valence-corrected chi connectivity index (χ0v) is 16.3. The molecule has 1 atom stereocenters. The number of hydrogen-bond acceptors (Lipinski definition) is 4. The van der Waals surface area contributed by atoms with Crippen LogP contribution in [0, 0.1) is 0 Å². The zero-order valence-electron chi connectivity index (χ0n) is 16.3. The Morgan fingerprint density at radius 1 is 1.22 bits per heavy atom. The molecular weight excluding hydrogens is 346 g/mol. The molecule has 2 aliphatic rings. The fourth-order valence-corrected chi connectivity index (χ4v) is 3.54. The summed E-state index contributed by atoms with van der Waals surface area (Å²) < 4.78 is 5.88. The van der Waals surface area contributed by atoms with E-state index in [0.717, 1.165) is 5.56 Å². The van der Waals surface area contributed by atoms with Gasteiger partial charge in [0.15, 0.2) is 6.10 Å². The minimum Gasteiger partial charge on any atom is -0.481 e. The highest BCUT2D eigenvalue weighted by molar-refractivity contribution is 6.07. The van der Waals surface area contributed by atoms with Crippen LogP contribution in [0.4, 0.5) is 4.79 Å². The van der Waals surface area contributed by atoms with E-state index in [-0.39, 0.29) is 17.2 Å². The number of likely N-dealkylation sites (tertiary alicyclic amines) is 1. The number of carbonyl (C=O) groups excluding carboxylic acids is 3. The van der Waals surface area contributed by atoms with E-state index in [0.29, 0.717) is 31.7 Å². The number of ether oxygens (including phenoxy) is 1. The number of carbonyl (C=O) groups is 3. The summed E-state index contributed by atoms with van der Waals surface area (Å²) in [4.78, 5) is 37.9. The van der Waals surface area contributed by atoms with Gasteiger partial charge in [-0.25, -0.2) is 4.79 Å². The van der Waals surface area contributed by atoms with E-state index in [9.17, 15) is 14.4 Å². The lowest BCUT2D eigenvalue weighted by Gasteiger charge is -2.37. The first-order valence-electron chi connectivity index (χ1n) is 9.30. The van der Waals surface area contributed by atoms with Crippen molar-refractivity contribution in [1.29, 1.82) is 0 Å². The number of nitrogens with one attached hydrogen (secondary N) is 2. The first kappa shape index (κ1) is 19.2. The summed E-state index contributed by atoms with van der Waals surface area (Å²) in [5.74, 6) is 0.248. The van der Waals surface area contributed by atoms with Crippen molar-refractivity contribution >= 4 is 17.8 Å². The van der Waals surface area contributed by atoms with Crippen LogP contribution in [-0.2, 0) is 15.0 Å². The van der Waals surface area contributed by atoms with Crippen molar-refractivity contribution in [2.45, 2.75) is 57.6 Å². The second kappa shape index (κ2) is 6.87. The highest BCUT2D eigenvalue weighted by Gasteiger charge is 2.48. The summed E-state index contributed by atoms with van der Waals surface area (Å²) >= 11 is 0. The first-order valence-corrected chi connectivity index (χ1v) is 9.30. The van der Waals surface area contributed by atoms with Gasteiger partial charge >= 0.3 is 6.03 Å². The third-order valence-corrected chi connectivity index (χ3v) is 5.30. The molecule has 3 rings (SSSR count). The maximum Gasteiger partial charge on any atom is 0.322 e. The fraction of sp³-hybridized carbons (Fsp3) is 0.550. The second-order valence-corrected chi connectivity index (χ2v) is 8.35. The van der Waals surface area contributed by atoms with Gasteiger partial charge in [0.05, 0.1) is 0 Å². The number of urea groups is 1. The lowest BCUT2D eigenvalue weighted by molar-refractivity contribution is -0.141. The van der Waals surface area contributed by atoms with Gasteiger partial charge in [-0.05, 0) is 42.9 Å². The van der Waals surface area contributed by atoms with E-state index in [1.807, 2.05) is 24.3 Å². The molecule has 0 aromatic heterocycles. The standard InChI is InChI=1S/C20H27N3O4/c1-13(27-15-7-5-6-14(12-15)19(2,3)4)16(24)23-10-8-20(9-11-23)17(25)21-18(26)22-20/h5-7,12-13H,8-11H2,1-4H3,(H2,21,22,25,26). The summed E-state index contributed by atoms with van der Waals surface area (Å²) in [7, 11) is 0. The highest BCUT2D eigenvalue weighted by Crippen LogP contribution is 2.28. The van der Waals surface area contributed by atoms with Crippen LogP contribution in [0.1, 0.15) is 46.1 Å². The largest absolute Gasteiger partial charge is 0.481 e. The van der Waals surface area contributed by atoms with E-state index in [1.165, 1.54) is 0 Å². The third-order valence-electron chi connectivity index (χ3n) is 5.30. The predicted octanol–water partition coefficient (Wildman–Crippen LogP) is 1.95. The molecule has 0 radical (unpaired) electrons. The number of benzene rings is 1. The molecule has 0 saturated carbocycles. The smallest absolute Gasteiger partial charge is 0.322 e. The van der Waals surface area contributed by atoms with Crippen molar-refractivity contribution in [3.8, 4) is 5.75 Å². The van der Waals surface area contributed by atoms with Crippen LogP contribution in [0.2, 0.25) is 0 Å². The topological polar surface area (TPSA) is 87.7 Å². The van der Waals surface area contributed by atoms with Crippen molar-refractivity contribution in [2.24, 2.45) is 0 Å². The van der Waals surface area contributed by atoms with Gasteiger partial charge in [0.25, 0.3) is 11.8 Å². The molecule has 1 aromatic carbocycles. The van der Waals surface area contributed by atoms with E-state index >= 15 is 0 Å². The van der Waals surface area contributed by atoms with Crippen molar-refractivity contribution < 1.29 is 19.1 Å². The van der Waals surface area contributed by atoms with Crippen LogP contribution in [-0.4, -0.2) is 47.5 Å². The van der Waals surface area contributed by atoms with Gasteiger partial charge in [-0.1, -0.05) is 32.9 Å². The lowest BCUT2D eigenvalue weighted by atomic mass is 9.87. The third kappa shape index (κ3) is 3.91. The molecule has 1 spiro atoms. The average Bonchev–Trinajstić information content (AvgIpc) is 2.87. The van der Waals surface area contributed by atoms with Crippen molar-refractivity contribution in [1.82, 2.24) is 15.5 Å². The molecule has 7 heteroatoms. The number of piperidine rings is 1. The van der Waals surface area contributed by atoms with Crippen LogP contribution >= 0.6 is 0 Å². The Morgan fingerprint density at radius 2 is 1.89 bits per heavy atom. The molecule has 0 bridgehead atoms. The Kier molecular flexibility index (Phi) is 4.88. The molecule has 1 aromatic rings. The van der Waals surface area contributed by atoms with Gasteiger partial charge in [-0.2, -0.15) is 0 Å². The Morgan fingerprint density at radius 3 is 2.44 bits per heavy atom. The molecule has 146 valence electrons. The van der Waals surface area contributed by atoms with Gasteiger partial charge in [-0.15, -0.1) is 0 Å². The zero-order chi connectivity index (χ0) is 19.8. The molecule has 1 unspecified atom stereocenters. The van der Waals surface area contributed by atoms with E-state index < -0.39 is 17.7 Å². The minimum atomic E-state index is -0.876. The molecule has 2 heterocycles. The Bertz CT molecular complexity index is 761. The molecule has 2 saturated heterocycles. The summed E-state index contributed by atoms with van der Waals surface area (Å²) in [5, 5.41) is 4.98. The van der Waals surface area contributed by atoms with Crippen LogP contribution in [0.3, 0.4) is 0 Å². The van der Waals surface area contributed by atoms with Crippen LogP contribution in [0.15, 0.2) is 24.3 Å². The SMILES string of the molecule is CC(Oc1cccc(C(C)(C)C)c1)C(=O)N1CCC2(CC1)NC(=O)NC2=O. The second-order valence-electron chi connectivity index (χ2n) is 8.35. The molecule has 2 fully saturated rings. The van der Waals surface area contributed by atoms with Crippen molar-refractivity contribution in [2.75, 3.05) is 13.1 Å². The maximum absolute atomic E-state index is 12.7. The predicted molar refractivity (Wildman–Crippen MR) is 100 cm³/mol. The summed E-state index contributed by atoms with van der Waals surface area (Å²) in [6, 6.07) is 7.33. The number of imide groups is 1. The quantitative estimate of drug-likeness (QED) is 0.793. The van der Waals surface area contributed by atoms with Crippen LogP contribution in [0.5, 0.6) is 5.75 Å². The van der Waals surface area contributed by atoms with Gasteiger partial charge in [-0.3, -0.25) is 14.9 Å². The molecule has 4 amide bonds. The van der Waals surface area contributed by atoms with Crippen molar-refractivity contribution in [3.63, 3.8) is 0 Å². The van der Waals surface area contributed by atoms with Crippen molar-refractivity contribution in [3.05, 3.63) is 29.8 Å². The number of hydrogen-bond donors (Lipinski definition) is 2. The van der Waals surface area contributed by atoms with Crippen LogP contribution < -0.4 is 15.4 Å². The van der Waals surface area contributed by atoms with Gasteiger partial charge in [0, 0.05) is 13.1 Å². The molecular formula is C20H27N3O4. The van der Waals surface area contributed by atoms with E-state index in [2.05, 4.69) is 31.4 Å². The maximum atomic E-state index is 12.7. The first-order chi connectivity index (χ1) is 12.6. The minimum absolute atomic E-state index is 0.0000939. The van der Waals surface area contributed by atoms with E-state index in [4.69, 9.17) is 4.74 Å². The fourth-order valence-electron chi connectivity index (χ4n) is 3.54. The van der Waals surface area contributed by atoms with Gasteiger partial charge in [0.2, 0.25) is 0 Å². The molecule has 0 aliphatic carbocycles. The Labute approximate surface area is 159 Å². The molecule has 7 nitrogen and oxygen atoms in total. The summed E-state index contributed by atoms with van der Waals surface area (Å²) in [6.07, 6.45) is 0.187. The number of rotatable bonds is 3. The summed E-state index contributed by atoms with van der Waals surface area (Å²) in [6.45, 7) is 8.93. The monoisotopic (exact) mass is 373 g/mol. The number of amides is 4. The highest BCUT2D eigenvalue weighted by atomic mass is 16.5. The van der Waals surface area contributed by atoms with Gasteiger partial charge in [0.1, 0.15) is 11.3 Å². The van der Waals surface area contributed by atoms with Crippen LogP contribution in [0.25, 0.3) is 0 Å². The lowest BCUT2D eigenvalue weighted by Crippen LogP contribution is -2.57. The molecule has 27 heavy (non-hydrogen) atoms. The normalized spacial score (nSPS) is 20.2. The summed E-state index contributed by atoms with van der Waals surface area (Å²) in [5.41, 5.74) is 0.265. The number of nitrogens with zero attached hydrogens (tertiary/aromatic N) is 1. The Balaban J connectivity index is 1.60.